The quantitative estimate of drug-likeness (QED) is 0.874. The monoisotopic (exact) mass is 235 g/mol. The Bertz CT molecular complexity index is 405. The standard InChI is InChI=1S/C14H18FNO/c15-13-7-2-1-4-10(13)9-14(17)11-5-3-6-12(16)8-11/h1-2,4,7,11-12H,3,5-6,8-9,16H2. The molecule has 1 aliphatic rings. The summed E-state index contributed by atoms with van der Waals surface area (Å²) in [7, 11) is 0. The van der Waals surface area contributed by atoms with E-state index in [0.29, 0.717) is 5.56 Å². The number of nitrogens with two attached hydrogens (primary N) is 1. The lowest BCUT2D eigenvalue weighted by Gasteiger charge is -2.25. The zero-order valence-electron chi connectivity index (χ0n) is 9.86. The van der Waals surface area contributed by atoms with Crippen LogP contribution >= 0.6 is 0 Å². The van der Waals surface area contributed by atoms with E-state index >= 15 is 0 Å². The summed E-state index contributed by atoms with van der Waals surface area (Å²) in [6.45, 7) is 0. The number of Topliss-reactive ketones (excluding diaryl/α,β-unsaturated/α-hetero) is 1. The summed E-state index contributed by atoms with van der Waals surface area (Å²) >= 11 is 0. The van der Waals surface area contributed by atoms with E-state index < -0.39 is 0 Å². The van der Waals surface area contributed by atoms with Crippen LogP contribution in [0.3, 0.4) is 0 Å². The van der Waals surface area contributed by atoms with E-state index in [1.807, 2.05) is 0 Å². The van der Waals surface area contributed by atoms with Crippen LogP contribution in [0.2, 0.25) is 0 Å². The molecule has 2 atom stereocenters. The third-order valence-corrected chi connectivity index (χ3v) is 3.49. The molecule has 0 amide bonds. The molecule has 2 unspecified atom stereocenters. The lowest BCUT2D eigenvalue weighted by Crippen LogP contribution is -2.32. The third-order valence-electron chi connectivity index (χ3n) is 3.49. The molecule has 1 aromatic rings. The molecule has 1 fully saturated rings. The fourth-order valence-corrected chi connectivity index (χ4v) is 2.49. The summed E-state index contributed by atoms with van der Waals surface area (Å²) < 4.78 is 13.4. The average molecular weight is 235 g/mol. The van der Waals surface area contributed by atoms with Crippen molar-refractivity contribution in [2.45, 2.75) is 38.1 Å². The summed E-state index contributed by atoms with van der Waals surface area (Å²) in [6.07, 6.45) is 3.87. The van der Waals surface area contributed by atoms with Gasteiger partial charge in [0.25, 0.3) is 0 Å². The SMILES string of the molecule is NC1CCCC(C(=O)Cc2ccccc2F)C1. The third kappa shape index (κ3) is 3.13. The molecular weight excluding hydrogens is 217 g/mol. The highest BCUT2D eigenvalue weighted by molar-refractivity contribution is 5.83. The van der Waals surface area contributed by atoms with Gasteiger partial charge in [-0.15, -0.1) is 0 Å². The second kappa shape index (κ2) is 5.41. The summed E-state index contributed by atoms with van der Waals surface area (Å²) in [5.74, 6) is -0.135. The smallest absolute Gasteiger partial charge is 0.140 e. The number of ketones is 1. The normalized spacial score (nSPS) is 24.6. The van der Waals surface area contributed by atoms with Gasteiger partial charge in [0.2, 0.25) is 0 Å². The van der Waals surface area contributed by atoms with Crippen LogP contribution in [0.1, 0.15) is 31.2 Å². The van der Waals surface area contributed by atoms with Crippen molar-refractivity contribution in [3.05, 3.63) is 35.6 Å². The lowest BCUT2D eigenvalue weighted by molar-refractivity contribution is -0.123. The summed E-state index contributed by atoms with van der Waals surface area (Å²) in [6, 6.07) is 6.61. The topological polar surface area (TPSA) is 43.1 Å². The maximum absolute atomic E-state index is 13.4. The van der Waals surface area contributed by atoms with Gasteiger partial charge in [-0.25, -0.2) is 4.39 Å². The number of benzene rings is 1. The van der Waals surface area contributed by atoms with E-state index in [4.69, 9.17) is 5.73 Å². The number of hydrogen-bond donors (Lipinski definition) is 1. The van der Waals surface area contributed by atoms with Crippen LogP contribution in [-0.4, -0.2) is 11.8 Å². The summed E-state index contributed by atoms with van der Waals surface area (Å²) in [4.78, 5) is 12.0. The molecule has 0 aromatic heterocycles. The molecule has 3 heteroatoms. The van der Waals surface area contributed by atoms with Gasteiger partial charge in [0.15, 0.2) is 0 Å². The maximum atomic E-state index is 13.4. The number of rotatable bonds is 3. The van der Waals surface area contributed by atoms with Gasteiger partial charge in [-0.1, -0.05) is 24.6 Å². The van der Waals surface area contributed by atoms with Crippen LogP contribution in [0, 0.1) is 11.7 Å². The average Bonchev–Trinajstić information content (AvgIpc) is 2.32. The van der Waals surface area contributed by atoms with E-state index in [-0.39, 0.29) is 30.0 Å². The molecular formula is C14H18FNO. The van der Waals surface area contributed by atoms with E-state index in [1.165, 1.54) is 6.07 Å². The van der Waals surface area contributed by atoms with E-state index in [1.54, 1.807) is 18.2 Å². The Morgan fingerprint density at radius 3 is 2.82 bits per heavy atom. The molecule has 17 heavy (non-hydrogen) atoms. The molecule has 1 aliphatic carbocycles. The van der Waals surface area contributed by atoms with E-state index in [9.17, 15) is 9.18 Å². The van der Waals surface area contributed by atoms with Crippen molar-refractivity contribution < 1.29 is 9.18 Å². The molecule has 2 rings (SSSR count). The molecule has 0 spiro atoms. The Morgan fingerprint density at radius 1 is 1.35 bits per heavy atom. The van der Waals surface area contributed by atoms with Gasteiger partial charge in [-0.2, -0.15) is 0 Å². The lowest BCUT2D eigenvalue weighted by atomic mass is 9.82. The first-order valence-corrected chi connectivity index (χ1v) is 6.18. The van der Waals surface area contributed by atoms with Gasteiger partial charge < -0.3 is 5.73 Å². The number of carbonyl (C=O) groups is 1. The van der Waals surface area contributed by atoms with Crippen LogP contribution in [0.25, 0.3) is 0 Å². The minimum atomic E-state index is -0.291. The molecule has 92 valence electrons. The molecule has 2 nitrogen and oxygen atoms in total. The van der Waals surface area contributed by atoms with Crippen molar-refractivity contribution in [3.8, 4) is 0 Å². The first-order valence-electron chi connectivity index (χ1n) is 6.18. The van der Waals surface area contributed by atoms with Crippen molar-refractivity contribution in [1.82, 2.24) is 0 Å². The van der Waals surface area contributed by atoms with Gasteiger partial charge >= 0.3 is 0 Å². The number of carbonyl (C=O) groups excluding carboxylic acids is 1. The fourth-order valence-electron chi connectivity index (χ4n) is 2.49. The second-order valence-electron chi connectivity index (χ2n) is 4.86. The summed E-state index contributed by atoms with van der Waals surface area (Å²) in [5.41, 5.74) is 6.36. The summed E-state index contributed by atoms with van der Waals surface area (Å²) in [5, 5.41) is 0. The van der Waals surface area contributed by atoms with Crippen LogP contribution < -0.4 is 5.73 Å². The molecule has 1 aromatic carbocycles. The fraction of sp³-hybridized carbons (Fsp3) is 0.500. The molecule has 1 saturated carbocycles. The predicted octanol–water partition coefficient (Wildman–Crippen LogP) is 2.45. The Hall–Kier alpha value is -1.22. The number of halogens is 1. The molecule has 0 saturated heterocycles. The Morgan fingerprint density at radius 2 is 2.12 bits per heavy atom. The number of hydrogen-bond acceptors (Lipinski definition) is 2. The van der Waals surface area contributed by atoms with Crippen LogP contribution in [0.4, 0.5) is 4.39 Å². The van der Waals surface area contributed by atoms with Gasteiger partial charge in [-0.3, -0.25) is 4.79 Å². The highest BCUT2D eigenvalue weighted by Gasteiger charge is 2.25. The Kier molecular flexibility index (Phi) is 3.89. The predicted molar refractivity (Wildman–Crippen MR) is 65.0 cm³/mol. The molecule has 0 heterocycles. The second-order valence-corrected chi connectivity index (χ2v) is 4.86. The van der Waals surface area contributed by atoms with Gasteiger partial charge in [0.1, 0.15) is 11.6 Å². The van der Waals surface area contributed by atoms with Crippen LogP contribution in [0.5, 0.6) is 0 Å². The molecule has 0 bridgehead atoms. The van der Waals surface area contributed by atoms with Crippen molar-refractivity contribution >= 4 is 5.78 Å². The molecule has 0 radical (unpaired) electrons. The van der Waals surface area contributed by atoms with Crippen molar-refractivity contribution in [3.63, 3.8) is 0 Å². The van der Waals surface area contributed by atoms with Gasteiger partial charge in [0, 0.05) is 18.4 Å². The van der Waals surface area contributed by atoms with E-state index in [0.717, 1.165) is 25.7 Å². The van der Waals surface area contributed by atoms with E-state index in [2.05, 4.69) is 0 Å². The van der Waals surface area contributed by atoms with Crippen molar-refractivity contribution in [1.29, 1.82) is 0 Å². The van der Waals surface area contributed by atoms with Crippen LogP contribution in [-0.2, 0) is 11.2 Å². The Labute approximate surface area is 101 Å². The largest absolute Gasteiger partial charge is 0.328 e. The highest BCUT2D eigenvalue weighted by Crippen LogP contribution is 2.25. The van der Waals surface area contributed by atoms with Crippen molar-refractivity contribution in [2.24, 2.45) is 11.7 Å². The first kappa shape index (κ1) is 12.2. The first-order chi connectivity index (χ1) is 8.16. The molecule has 2 N–H and O–H groups in total. The zero-order valence-corrected chi connectivity index (χ0v) is 9.86. The molecule has 0 aliphatic heterocycles. The minimum Gasteiger partial charge on any atom is -0.328 e. The Balaban J connectivity index is 1.99. The van der Waals surface area contributed by atoms with Crippen LogP contribution in [0.15, 0.2) is 24.3 Å². The minimum absolute atomic E-state index is 0.0263. The maximum Gasteiger partial charge on any atom is 0.140 e. The van der Waals surface area contributed by atoms with Gasteiger partial charge in [0.05, 0.1) is 0 Å². The zero-order chi connectivity index (χ0) is 12.3. The van der Waals surface area contributed by atoms with Crippen molar-refractivity contribution in [2.75, 3.05) is 0 Å². The highest BCUT2D eigenvalue weighted by atomic mass is 19.1. The van der Waals surface area contributed by atoms with Gasteiger partial charge in [-0.05, 0) is 30.9 Å².